The SMILES string of the molecule is Cc1cccc(C(=O)Nc2ccc(SC(C(=O)Nc3c(F)c(F)cc(F)c3F)c3ccccc3)cc2)c1. The lowest BCUT2D eigenvalue weighted by atomic mass is 10.1. The zero-order valence-corrected chi connectivity index (χ0v) is 20.2. The van der Waals surface area contributed by atoms with Crippen molar-refractivity contribution in [2.24, 2.45) is 0 Å². The highest BCUT2D eigenvalue weighted by Gasteiger charge is 2.27. The summed E-state index contributed by atoms with van der Waals surface area (Å²) in [6, 6.07) is 22.2. The topological polar surface area (TPSA) is 58.2 Å². The second-order valence-electron chi connectivity index (χ2n) is 8.09. The first-order valence-electron chi connectivity index (χ1n) is 11.1. The van der Waals surface area contributed by atoms with Gasteiger partial charge in [-0.15, -0.1) is 11.8 Å². The molecule has 0 saturated heterocycles. The molecule has 1 atom stereocenters. The normalized spacial score (nSPS) is 11.6. The Kier molecular flexibility index (Phi) is 7.93. The van der Waals surface area contributed by atoms with Gasteiger partial charge in [-0.05, 0) is 48.9 Å². The molecule has 9 heteroatoms. The van der Waals surface area contributed by atoms with Crippen molar-refractivity contribution in [3.63, 3.8) is 0 Å². The van der Waals surface area contributed by atoms with Gasteiger partial charge in [-0.1, -0.05) is 48.0 Å². The number of amides is 2. The molecule has 4 nitrogen and oxygen atoms in total. The first-order chi connectivity index (χ1) is 17.7. The van der Waals surface area contributed by atoms with Gasteiger partial charge in [-0.3, -0.25) is 9.59 Å². The third-order valence-electron chi connectivity index (χ3n) is 5.35. The Labute approximate surface area is 214 Å². The lowest BCUT2D eigenvalue weighted by Crippen LogP contribution is -2.21. The molecule has 0 spiro atoms. The maximum Gasteiger partial charge on any atom is 0.255 e. The molecule has 0 aliphatic carbocycles. The van der Waals surface area contributed by atoms with E-state index in [-0.39, 0.29) is 12.0 Å². The Morgan fingerprint density at radius 1 is 0.757 bits per heavy atom. The van der Waals surface area contributed by atoms with Gasteiger partial charge in [-0.2, -0.15) is 0 Å². The third kappa shape index (κ3) is 6.18. The molecule has 0 bridgehead atoms. The standard InChI is InChI=1S/C28H20F4N2O2S/c1-16-6-5-9-18(14-16)27(35)33-19-10-12-20(13-11-19)37-26(17-7-3-2-4-8-17)28(36)34-25-23(31)21(29)15-22(30)24(25)32/h2-15,26H,1H3,(H,33,35)(H,34,36). The number of carbonyl (C=O) groups excluding carboxylic acids is 2. The maximum absolute atomic E-state index is 14.2. The van der Waals surface area contributed by atoms with Crippen LogP contribution in [-0.4, -0.2) is 11.8 Å². The Hall–Kier alpha value is -4.11. The average molecular weight is 525 g/mol. The monoisotopic (exact) mass is 524 g/mol. The summed E-state index contributed by atoms with van der Waals surface area (Å²) in [6.07, 6.45) is 0. The van der Waals surface area contributed by atoms with Crippen LogP contribution < -0.4 is 10.6 Å². The van der Waals surface area contributed by atoms with Crippen LogP contribution in [0.5, 0.6) is 0 Å². The van der Waals surface area contributed by atoms with E-state index < -0.39 is 40.1 Å². The molecule has 37 heavy (non-hydrogen) atoms. The zero-order chi connectivity index (χ0) is 26.5. The minimum atomic E-state index is -1.70. The van der Waals surface area contributed by atoms with Crippen LogP contribution in [0.4, 0.5) is 28.9 Å². The van der Waals surface area contributed by atoms with E-state index >= 15 is 0 Å². The summed E-state index contributed by atoms with van der Waals surface area (Å²) >= 11 is 1.06. The van der Waals surface area contributed by atoms with Gasteiger partial charge < -0.3 is 10.6 Å². The number of benzene rings is 4. The fraction of sp³-hybridized carbons (Fsp3) is 0.0714. The Morgan fingerprint density at radius 2 is 1.41 bits per heavy atom. The smallest absolute Gasteiger partial charge is 0.255 e. The summed E-state index contributed by atoms with van der Waals surface area (Å²) in [4.78, 5) is 26.2. The largest absolute Gasteiger partial charge is 0.322 e. The van der Waals surface area contributed by atoms with Crippen LogP contribution in [0.3, 0.4) is 0 Å². The molecule has 4 rings (SSSR count). The number of anilines is 2. The highest BCUT2D eigenvalue weighted by molar-refractivity contribution is 8.00. The number of hydrogen-bond donors (Lipinski definition) is 2. The highest BCUT2D eigenvalue weighted by Crippen LogP contribution is 2.37. The molecule has 2 N–H and O–H groups in total. The number of carbonyl (C=O) groups is 2. The maximum atomic E-state index is 14.2. The van der Waals surface area contributed by atoms with Crippen LogP contribution in [0.2, 0.25) is 0 Å². The number of halogens is 4. The summed E-state index contributed by atoms with van der Waals surface area (Å²) in [6.45, 7) is 1.88. The van der Waals surface area contributed by atoms with E-state index in [2.05, 4.69) is 5.32 Å². The van der Waals surface area contributed by atoms with E-state index in [4.69, 9.17) is 0 Å². The molecule has 0 aromatic heterocycles. The first-order valence-corrected chi connectivity index (χ1v) is 11.9. The molecular weight excluding hydrogens is 504 g/mol. The van der Waals surface area contributed by atoms with Crippen LogP contribution in [0.25, 0.3) is 0 Å². The molecule has 0 aliphatic heterocycles. The van der Waals surface area contributed by atoms with Crippen molar-refractivity contribution in [2.75, 3.05) is 10.6 Å². The van der Waals surface area contributed by atoms with Gasteiger partial charge in [0.25, 0.3) is 5.91 Å². The van der Waals surface area contributed by atoms with E-state index in [0.717, 1.165) is 17.3 Å². The van der Waals surface area contributed by atoms with Crippen LogP contribution in [0.1, 0.15) is 26.7 Å². The van der Waals surface area contributed by atoms with Gasteiger partial charge in [0.2, 0.25) is 5.91 Å². The molecule has 1 unspecified atom stereocenters. The van der Waals surface area contributed by atoms with Gasteiger partial charge >= 0.3 is 0 Å². The van der Waals surface area contributed by atoms with Crippen LogP contribution in [0.15, 0.2) is 89.8 Å². The number of nitrogens with one attached hydrogen (secondary N) is 2. The lowest BCUT2D eigenvalue weighted by molar-refractivity contribution is -0.115. The molecule has 0 aliphatic rings. The van der Waals surface area contributed by atoms with Crippen molar-refractivity contribution >= 4 is 35.0 Å². The summed E-state index contributed by atoms with van der Waals surface area (Å²) < 4.78 is 55.6. The van der Waals surface area contributed by atoms with E-state index in [1.165, 1.54) is 0 Å². The fourth-order valence-corrected chi connectivity index (χ4v) is 4.54. The molecule has 4 aromatic rings. The Bertz CT molecular complexity index is 1420. The highest BCUT2D eigenvalue weighted by atomic mass is 32.2. The molecule has 2 amide bonds. The van der Waals surface area contributed by atoms with E-state index in [0.29, 0.717) is 21.7 Å². The van der Waals surface area contributed by atoms with Crippen LogP contribution >= 0.6 is 11.8 Å². The minimum absolute atomic E-state index is 0.0725. The number of hydrogen-bond acceptors (Lipinski definition) is 3. The van der Waals surface area contributed by atoms with E-state index in [9.17, 15) is 27.2 Å². The predicted molar refractivity (Wildman–Crippen MR) is 136 cm³/mol. The van der Waals surface area contributed by atoms with E-state index in [1.54, 1.807) is 72.8 Å². The lowest BCUT2D eigenvalue weighted by Gasteiger charge is -2.18. The Morgan fingerprint density at radius 3 is 2.03 bits per heavy atom. The summed E-state index contributed by atoms with van der Waals surface area (Å²) in [5, 5.41) is 3.77. The molecular formula is C28H20F4N2O2S. The van der Waals surface area contributed by atoms with Crippen LogP contribution in [0, 0.1) is 30.2 Å². The minimum Gasteiger partial charge on any atom is -0.322 e. The van der Waals surface area contributed by atoms with Crippen molar-refractivity contribution in [1.82, 2.24) is 0 Å². The van der Waals surface area contributed by atoms with Crippen molar-refractivity contribution in [3.05, 3.63) is 125 Å². The summed E-state index contributed by atoms with van der Waals surface area (Å²) in [7, 11) is 0. The molecule has 0 fully saturated rings. The number of thioether (sulfide) groups is 1. The second kappa shape index (κ2) is 11.3. The molecule has 4 aromatic carbocycles. The fourth-order valence-electron chi connectivity index (χ4n) is 3.51. The van der Waals surface area contributed by atoms with E-state index in [1.807, 2.05) is 18.3 Å². The van der Waals surface area contributed by atoms with Gasteiger partial charge in [0.1, 0.15) is 10.9 Å². The third-order valence-corrected chi connectivity index (χ3v) is 6.61. The summed E-state index contributed by atoms with van der Waals surface area (Å²) in [5.41, 5.74) is 1.28. The Balaban J connectivity index is 1.54. The van der Waals surface area contributed by atoms with Crippen molar-refractivity contribution in [2.45, 2.75) is 17.1 Å². The van der Waals surface area contributed by atoms with Gasteiger partial charge in [0.05, 0.1) is 0 Å². The number of rotatable bonds is 7. The molecule has 0 saturated carbocycles. The average Bonchev–Trinajstić information content (AvgIpc) is 2.90. The molecule has 0 radical (unpaired) electrons. The zero-order valence-electron chi connectivity index (χ0n) is 19.4. The van der Waals surface area contributed by atoms with Gasteiger partial charge in [-0.25, -0.2) is 17.6 Å². The van der Waals surface area contributed by atoms with Gasteiger partial charge in [0.15, 0.2) is 23.3 Å². The van der Waals surface area contributed by atoms with Crippen LogP contribution in [-0.2, 0) is 4.79 Å². The predicted octanol–water partition coefficient (Wildman–Crippen LogP) is 7.28. The quantitative estimate of drug-likeness (QED) is 0.152. The van der Waals surface area contributed by atoms with Gasteiger partial charge in [0, 0.05) is 22.2 Å². The van der Waals surface area contributed by atoms with Crippen molar-refractivity contribution in [1.29, 1.82) is 0 Å². The number of aryl methyl sites for hydroxylation is 1. The first kappa shape index (κ1) is 26.0. The summed E-state index contributed by atoms with van der Waals surface area (Å²) in [5.74, 6) is -7.80. The second-order valence-corrected chi connectivity index (χ2v) is 9.27. The molecule has 0 heterocycles. The molecule has 188 valence electrons. The van der Waals surface area contributed by atoms with Crippen molar-refractivity contribution < 1.29 is 27.2 Å². The van der Waals surface area contributed by atoms with Crippen molar-refractivity contribution in [3.8, 4) is 0 Å².